The molecule has 1 heterocycles. The SMILES string of the molecule is O=[N+]([O-])c1ccc(Oc2ccnc3c(F)cccc23)cc1Cl. The van der Waals surface area contributed by atoms with Crippen molar-refractivity contribution in [2.24, 2.45) is 0 Å². The first kappa shape index (κ1) is 14.2. The van der Waals surface area contributed by atoms with Gasteiger partial charge in [-0.05, 0) is 24.3 Å². The number of benzene rings is 2. The third kappa shape index (κ3) is 2.56. The fourth-order valence-corrected chi connectivity index (χ4v) is 2.27. The molecule has 1 aromatic heterocycles. The predicted molar refractivity (Wildman–Crippen MR) is 79.9 cm³/mol. The number of nitrogens with zero attached hydrogens (tertiary/aromatic N) is 2. The van der Waals surface area contributed by atoms with Crippen LogP contribution in [0.3, 0.4) is 0 Å². The van der Waals surface area contributed by atoms with Crippen LogP contribution in [0.5, 0.6) is 11.5 Å². The molecule has 0 aliphatic heterocycles. The second-order valence-corrected chi connectivity index (χ2v) is 4.82. The predicted octanol–water partition coefficient (Wildman–Crippen LogP) is 4.73. The second-order valence-electron chi connectivity index (χ2n) is 4.42. The highest BCUT2D eigenvalue weighted by Crippen LogP contribution is 2.33. The van der Waals surface area contributed by atoms with E-state index in [1.54, 1.807) is 18.2 Å². The number of nitro groups is 1. The van der Waals surface area contributed by atoms with Gasteiger partial charge in [0.05, 0.1) is 4.92 Å². The van der Waals surface area contributed by atoms with E-state index in [4.69, 9.17) is 16.3 Å². The van der Waals surface area contributed by atoms with Gasteiger partial charge in [0.15, 0.2) is 0 Å². The molecule has 110 valence electrons. The Morgan fingerprint density at radius 3 is 2.77 bits per heavy atom. The average Bonchev–Trinajstić information content (AvgIpc) is 2.48. The molecular weight excluding hydrogens is 311 g/mol. The smallest absolute Gasteiger partial charge is 0.288 e. The topological polar surface area (TPSA) is 65.3 Å². The quantitative estimate of drug-likeness (QED) is 0.517. The number of pyridine rings is 1. The molecule has 0 spiro atoms. The highest BCUT2D eigenvalue weighted by atomic mass is 35.5. The van der Waals surface area contributed by atoms with Gasteiger partial charge in [-0.25, -0.2) is 4.39 Å². The minimum atomic E-state index is -0.580. The molecule has 0 amide bonds. The summed E-state index contributed by atoms with van der Waals surface area (Å²) in [6, 6.07) is 10.1. The minimum absolute atomic E-state index is 0.0351. The van der Waals surface area contributed by atoms with Crippen molar-refractivity contribution in [3.8, 4) is 11.5 Å². The van der Waals surface area contributed by atoms with E-state index >= 15 is 0 Å². The van der Waals surface area contributed by atoms with Crippen molar-refractivity contribution in [3.05, 3.63) is 69.6 Å². The molecule has 0 saturated heterocycles. The first-order valence-electron chi connectivity index (χ1n) is 6.21. The van der Waals surface area contributed by atoms with E-state index in [0.717, 1.165) is 0 Å². The lowest BCUT2D eigenvalue weighted by molar-refractivity contribution is -0.384. The van der Waals surface area contributed by atoms with Crippen LogP contribution in [0.25, 0.3) is 10.9 Å². The van der Waals surface area contributed by atoms with E-state index in [2.05, 4.69) is 4.98 Å². The van der Waals surface area contributed by atoms with Crippen LogP contribution >= 0.6 is 11.6 Å². The summed E-state index contributed by atoms with van der Waals surface area (Å²) in [5.41, 5.74) is -0.0207. The monoisotopic (exact) mass is 318 g/mol. The van der Waals surface area contributed by atoms with Gasteiger partial charge in [0.2, 0.25) is 0 Å². The molecular formula is C15H8ClFN2O3. The minimum Gasteiger partial charge on any atom is -0.457 e. The molecule has 3 rings (SSSR count). The first-order valence-corrected chi connectivity index (χ1v) is 6.59. The summed E-state index contributed by atoms with van der Waals surface area (Å²) >= 11 is 5.84. The van der Waals surface area contributed by atoms with Crippen LogP contribution in [-0.4, -0.2) is 9.91 Å². The molecule has 0 atom stereocenters. The van der Waals surface area contributed by atoms with Gasteiger partial charge in [-0.15, -0.1) is 0 Å². The normalized spacial score (nSPS) is 10.6. The average molecular weight is 319 g/mol. The first-order chi connectivity index (χ1) is 10.6. The molecule has 0 bridgehead atoms. The van der Waals surface area contributed by atoms with Crippen molar-refractivity contribution in [1.82, 2.24) is 4.98 Å². The maximum atomic E-state index is 13.7. The highest BCUT2D eigenvalue weighted by molar-refractivity contribution is 6.32. The van der Waals surface area contributed by atoms with Gasteiger partial charge in [0.25, 0.3) is 5.69 Å². The van der Waals surface area contributed by atoms with Crippen LogP contribution in [0.1, 0.15) is 0 Å². The lowest BCUT2D eigenvalue weighted by atomic mass is 10.2. The number of hydrogen-bond donors (Lipinski definition) is 0. The van der Waals surface area contributed by atoms with Gasteiger partial charge in [0, 0.05) is 23.7 Å². The van der Waals surface area contributed by atoms with E-state index in [9.17, 15) is 14.5 Å². The van der Waals surface area contributed by atoms with E-state index in [0.29, 0.717) is 16.9 Å². The van der Waals surface area contributed by atoms with E-state index < -0.39 is 10.7 Å². The van der Waals surface area contributed by atoms with Crippen molar-refractivity contribution >= 4 is 28.2 Å². The Morgan fingerprint density at radius 1 is 1.23 bits per heavy atom. The van der Waals surface area contributed by atoms with Crippen molar-refractivity contribution in [2.45, 2.75) is 0 Å². The zero-order valence-electron chi connectivity index (χ0n) is 11.0. The summed E-state index contributed by atoms with van der Waals surface area (Å²) in [4.78, 5) is 14.1. The summed E-state index contributed by atoms with van der Waals surface area (Å²) in [6.07, 6.45) is 1.42. The molecule has 0 aliphatic rings. The maximum Gasteiger partial charge on any atom is 0.288 e. The molecule has 0 radical (unpaired) electrons. The number of fused-ring (bicyclic) bond motifs is 1. The summed E-state index contributed by atoms with van der Waals surface area (Å²) in [6.45, 7) is 0. The van der Waals surface area contributed by atoms with Crippen LogP contribution in [0.4, 0.5) is 10.1 Å². The lowest BCUT2D eigenvalue weighted by Crippen LogP contribution is -1.92. The van der Waals surface area contributed by atoms with Crippen molar-refractivity contribution in [2.75, 3.05) is 0 Å². The molecule has 0 aliphatic carbocycles. The molecule has 7 heteroatoms. The van der Waals surface area contributed by atoms with Crippen molar-refractivity contribution < 1.29 is 14.1 Å². The molecule has 2 aromatic carbocycles. The summed E-state index contributed by atoms with van der Waals surface area (Å²) in [5.74, 6) is 0.242. The largest absolute Gasteiger partial charge is 0.457 e. The number of hydrogen-bond acceptors (Lipinski definition) is 4. The summed E-state index contributed by atoms with van der Waals surface area (Å²) < 4.78 is 19.3. The molecule has 3 aromatic rings. The number of rotatable bonds is 3. The number of aromatic nitrogens is 1. The van der Waals surface area contributed by atoms with Gasteiger partial charge in [-0.3, -0.25) is 15.1 Å². The van der Waals surface area contributed by atoms with Gasteiger partial charge < -0.3 is 4.74 Å². The Kier molecular flexibility index (Phi) is 3.60. The summed E-state index contributed by atoms with van der Waals surface area (Å²) in [7, 11) is 0. The Morgan fingerprint density at radius 2 is 2.05 bits per heavy atom. The maximum absolute atomic E-state index is 13.7. The van der Waals surface area contributed by atoms with Gasteiger partial charge in [-0.2, -0.15) is 0 Å². The Balaban J connectivity index is 2.02. The standard InChI is InChI=1S/C15H8ClFN2O3/c16-11-8-9(4-5-13(11)19(20)21)22-14-6-7-18-15-10(14)2-1-3-12(15)17/h1-8H. The Labute approximate surface area is 129 Å². The third-order valence-electron chi connectivity index (χ3n) is 3.03. The van der Waals surface area contributed by atoms with E-state index in [1.165, 1.54) is 30.5 Å². The van der Waals surface area contributed by atoms with Crippen LogP contribution in [0.15, 0.2) is 48.7 Å². The van der Waals surface area contributed by atoms with Crippen LogP contribution in [0.2, 0.25) is 5.02 Å². The summed E-state index contributed by atoms with van der Waals surface area (Å²) in [5, 5.41) is 11.2. The number of para-hydroxylation sites is 1. The highest BCUT2D eigenvalue weighted by Gasteiger charge is 2.14. The fraction of sp³-hybridized carbons (Fsp3) is 0. The van der Waals surface area contributed by atoms with E-state index in [-0.39, 0.29) is 16.2 Å². The van der Waals surface area contributed by atoms with Crippen LogP contribution in [0, 0.1) is 15.9 Å². The van der Waals surface area contributed by atoms with Crippen molar-refractivity contribution in [1.29, 1.82) is 0 Å². The zero-order valence-corrected chi connectivity index (χ0v) is 11.7. The van der Waals surface area contributed by atoms with Crippen LogP contribution < -0.4 is 4.74 Å². The molecule has 0 fully saturated rings. The Bertz CT molecular complexity index is 886. The van der Waals surface area contributed by atoms with Crippen LogP contribution in [-0.2, 0) is 0 Å². The third-order valence-corrected chi connectivity index (χ3v) is 3.33. The second kappa shape index (κ2) is 5.57. The van der Waals surface area contributed by atoms with E-state index in [1.807, 2.05) is 0 Å². The molecule has 22 heavy (non-hydrogen) atoms. The van der Waals surface area contributed by atoms with Gasteiger partial charge in [0.1, 0.15) is 27.9 Å². The fourth-order valence-electron chi connectivity index (χ4n) is 2.03. The van der Waals surface area contributed by atoms with Crippen molar-refractivity contribution in [3.63, 3.8) is 0 Å². The number of ether oxygens (including phenoxy) is 1. The lowest BCUT2D eigenvalue weighted by Gasteiger charge is -2.09. The number of halogens is 2. The molecule has 0 unspecified atom stereocenters. The molecule has 5 nitrogen and oxygen atoms in total. The molecule has 0 N–H and O–H groups in total. The number of nitro benzene ring substituents is 1. The van der Waals surface area contributed by atoms with Gasteiger partial charge >= 0.3 is 0 Å². The van der Waals surface area contributed by atoms with Gasteiger partial charge in [-0.1, -0.05) is 17.7 Å². The molecule has 0 saturated carbocycles. The zero-order chi connectivity index (χ0) is 15.7. The Hall–Kier alpha value is -2.73.